The molecule has 84 valence electrons. The van der Waals surface area contributed by atoms with E-state index in [0.717, 1.165) is 18.7 Å². The second-order valence-electron chi connectivity index (χ2n) is 3.90. The largest absolute Gasteiger partial charge is 0.368 e. The van der Waals surface area contributed by atoms with Crippen molar-refractivity contribution in [2.24, 2.45) is 5.73 Å². The molecular formula is C10H22N2OS. The number of rotatable bonds is 7. The molecule has 0 rings (SSSR count). The van der Waals surface area contributed by atoms with Crippen LogP contribution in [0.25, 0.3) is 0 Å². The first kappa shape index (κ1) is 13.8. The first-order valence-electron chi connectivity index (χ1n) is 5.09. The van der Waals surface area contributed by atoms with E-state index in [-0.39, 0.29) is 5.91 Å². The average molecular weight is 218 g/mol. The number of nitrogens with one attached hydrogen (secondary N) is 1. The zero-order chi connectivity index (χ0) is 11.2. The minimum absolute atomic E-state index is 0.260. The Morgan fingerprint density at radius 1 is 1.57 bits per heavy atom. The highest BCUT2D eigenvalue weighted by Crippen LogP contribution is 2.17. The fourth-order valence-electron chi connectivity index (χ4n) is 1.19. The Balaban J connectivity index is 4.03. The molecule has 0 aromatic heterocycles. The third-order valence-electron chi connectivity index (χ3n) is 2.16. The number of hydrogen-bond acceptors (Lipinski definition) is 3. The Morgan fingerprint density at radius 3 is 2.50 bits per heavy atom. The van der Waals surface area contributed by atoms with E-state index in [2.05, 4.69) is 19.2 Å². The van der Waals surface area contributed by atoms with E-state index in [1.807, 2.05) is 25.6 Å². The Labute approximate surface area is 91.2 Å². The molecule has 3 nitrogen and oxygen atoms in total. The van der Waals surface area contributed by atoms with E-state index in [4.69, 9.17) is 5.73 Å². The highest BCUT2D eigenvalue weighted by Gasteiger charge is 2.29. The number of hydrogen-bond donors (Lipinski definition) is 2. The fraction of sp³-hybridized carbons (Fsp3) is 0.900. The highest BCUT2D eigenvalue weighted by atomic mass is 32.2. The zero-order valence-corrected chi connectivity index (χ0v) is 10.4. The minimum Gasteiger partial charge on any atom is -0.368 e. The number of likely N-dealkylation sites (N-methyl/N-ethyl adjacent to an activating group) is 1. The molecular weight excluding hydrogens is 196 g/mol. The normalized spacial score (nSPS) is 15.5. The van der Waals surface area contributed by atoms with Crippen LogP contribution in [0.15, 0.2) is 0 Å². The maximum absolute atomic E-state index is 11.2. The van der Waals surface area contributed by atoms with E-state index in [1.165, 1.54) is 0 Å². The smallest absolute Gasteiger partial charge is 0.237 e. The molecule has 0 aliphatic heterocycles. The van der Waals surface area contributed by atoms with Gasteiger partial charge in [-0.1, -0.05) is 20.8 Å². The maximum Gasteiger partial charge on any atom is 0.237 e. The molecule has 0 saturated heterocycles. The number of thioether (sulfide) groups is 1. The SMILES string of the molecule is CCNC(C)(CCSC(C)C)C(N)=O. The third-order valence-corrected chi connectivity index (χ3v) is 3.27. The molecule has 0 aliphatic carbocycles. The lowest BCUT2D eigenvalue weighted by Gasteiger charge is -2.27. The third kappa shape index (κ3) is 4.86. The summed E-state index contributed by atoms with van der Waals surface area (Å²) in [5, 5.41) is 3.75. The van der Waals surface area contributed by atoms with Gasteiger partial charge in [-0.25, -0.2) is 0 Å². The lowest BCUT2D eigenvalue weighted by Crippen LogP contribution is -2.53. The van der Waals surface area contributed by atoms with Crippen molar-refractivity contribution in [2.45, 2.75) is 44.9 Å². The summed E-state index contributed by atoms with van der Waals surface area (Å²) >= 11 is 1.85. The van der Waals surface area contributed by atoms with Crippen molar-refractivity contribution in [1.29, 1.82) is 0 Å². The Bertz CT molecular complexity index is 185. The standard InChI is InChI=1S/C10H22N2OS/c1-5-12-10(4,9(11)13)6-7-14-8(2)3/h8,12H,5-7H2,1-4H3,(H2,11,13). The van der Waals surface area contributed by atoms with Gasteiger partial charge in [0.25, 0.3) is 0 Å². The molecule has 0 heterocycles. The topological polar surface area (TPSA) is 55.1 Å². The van der Waals surface area contributed by atoms with Crippen LogP contribution in [0, 0.1) is 0 Å². The van der Waals surface area contributed by atoms with Gasteiger partial charge in [0.05, 0.1) is 5.54 Å². The van der Waals surface area contributed by atoms with E-state index >= 15 is 0 Å². The Hall–Kier alpha value is -0.220. The fourth-order valence-corrected chi connectivity index (χ4v) is 2.19. The number of carbonyl (C=O) groups is 1. The summed E-state index contributed by atoms with van der Waals surface area (Å²) in [7, 11) is 0. The van der Waals surface area contributed by atoms with Crippen LogP contribution in [0.3, 0.4) is 0 Å². The summed E-state index contributed by atoms with van der Waals surface area (Å²) in [6.07, 6.45) is 0.791. The van der Waals surface area contributed by atoms with Crippen LogP contribution in [0.2, 0.25) is 0 Å². The predicted molar refractivity (Wildman–Crippen MR) is 63.5 cm³/mol. The number of nitrogens with two attached hydrogens (primary N) is 1. The molecule has 0 fully saturated rings. The molecule has 0 saturated carbocycles. The lowest BCUT2D eigenvalue weighted by atomic mass is 9.98. The van der Waals surface area contributed by atoms with Crippen LogP contribution in [0.5, 0.6) is 0 Å². The summed E-state index contributed by atoms with van der Waals surface area (Å²) in [5.74, 6) is 0.702. The average Bonchev–Trinajstić information content (AvgIpc) is 2.03. The molecule has 14 heavy (non-hydrogen) atoms. The van der Waals surface area contributed by atoms with Gasteiger partial charge in [-0.2, -0.15) is 11.8 Å². The summed E-state index contributed by atoms with van der Waals surface area (Å²) in [6.45, 7) is 8.93. The van der Waals surface area contributed by atoms with Crippen molar-refractivity contribution in [3.05, 3.63) is 0 Å². The second-order valence-corrected chi connectivity index (χ2v) is 5.58. The van der Waals surface area contributed by atoms with Crippen molar-refractivity contribution in [1.82, 2.24) is 5.32 Å². The summed E-state index contributed by atoms with van der Waals surface area (Å²) < 4.78 is 0. The molecule has 1 amide bonds. The number of carbonyl (C=O) groups excluding carboxylic acids is 1. The molecule has 0 aliphatic rings. The molecule has 0 radical (unpaired) electrons. The number of amides is 1. The van der Waals surface area contributed by atoms with Gasteiger partial charge in [-0.05, 0) is 30.9 Å². The molecule has 3 N–H and O–H groups in total. The summed E-state index contributed by atoms with van der Waals surface area (Å²) in [4.78, 5) is 11.2. The van der Waals surface area contributed by atoms with Crippen molar-refractivity contribution in [2.75, 3.05) is 12.3 Å². The molecule has 0 aromatic rings. The molecule has 4 heteroatoms. The quantitative estimate of drug-likeness (QED) is 0.678. The molecule has 0 aromatic carbocycles. The van der Waals surface area contributed by atoms with Crippen LogP contribution in [0.1, 0.15) is 34.1 Å². The molecule has 0 spiro atoms. The van der Waals surface area contributed by atoms with E-state index in [0.29, 0.717) is 5.25 Å². The van der Waals surface area contributed by atoms with Crippen molar-refractivity contribution in [3.8, 4) is 0 Å². The Kier molecular flexibility index (Phi) is 6.20. The van der Waals surface area contributed by atoms with Gasteiger partial charge in [0.1, 0.15) is 0 Å². The predicted octanol–water partition coefficient (Wildman–Crippen LogP) is 1.37. The molecule has 1 unspecified atom stereocenters. The van der Waals surface area contributed by atoms with Crippen LogP contribution in [-0.2, 0) is 4.79 Å². The van der Waals surface area contributed by atoms with Gasteiger partial charge < -0.3 is 11.1 Å². The first-order chi connectivity index (χ1) is 6.42. The monoisotopic (exact) mass is 218 g/mol. The van der Waals surface area contributed by atoms with Crippen LogP contribution >= 0.6 is 11.8 Å². The van der Waals surface area contributed by atoms with Gasteiger partial charge in [0, 0.05) is 0 Å². The van der Waals surface area contributed by atoms with Gasteiger partial charge >= 0.3 is 0 Å². The van der Waals surface area contributed by atoms with Gasteiger partial charge in [-0.3, -0.25) is 4.79 Å². The van der Waals surface area contributed by atoms with E-state index < -0.39 is 5.54 Å². The second kappa shape index (κ2) is 6.30. The van der Waals surface area contributed by atoms with Crippen LogP contribution in [0.4, 0.5) is 0 Å². The molecule has 0 bridgehead atoms. The maximum atomic E-state index is 11.2. The van der Waals surface area contributed by atoms with Crippen molar-refractivity contribution >= 4 is 17.7 Å². The lowest BCUT2D eigenvalue weighted by molar-refractivity contribution is -0.123. The van der Waals surface area contributed by atoms with Gasteiger partial charge in [0.15, 0.2) is 0 Å². The van der Waals surface area contributed by atoms with Crippen molar-refractivity contribution in [3.63, 3.8) is 0 Å². The van der Waals surface area contributed by atoms with E-state index in [1.54, 1.807) is 0 Å². The van der Waals surface area contributed by atoms with Crippen LogP contribution < -0.4 is 11.1 Å². The van der Waals surface area contributed by atoms with Crippen molar-refractivity contribution < 1.29 is 4.79 Å². The zero-order valence-electron chi connectivity index (χ0n) is 9.59. The van der Waals surface area contributed by atoms with E-state index in [9.17, 15) is 4.79 Å². The van der Waals surface area contributed by atoms with Gasteiger partial charge in [-0.15, -0.1) is 0 Å². The molecule has 1 atom stereocenters. The number of primary amides is 1. The van der Waals surface area contributed by atoms with Gasteiger partial charge in [0.2, 0.25) is 5.91 Å². The Morgan fingerprint density at radius 2 is 2.14 bits per heavy atom. The minimum atomic E-state index is -0.545. The highest BCUT2D eigenvalue weighted by molar-refractivity contribution is 7.99. The first-order valence-corrected chi connectivity index (χ1v) is 6.13. The van der Waals surface area contributed by atoms with Crippen LogP contribution in [-0.4, -0.2) is 29.0 Å². The summed E-state index contributed by atoms with van der Waals surface area (Å²) in [5.41, 5.74) is 4.82. The summed E-state index contributed by atoms with van der Waals surface area (Å²) in [6, 6.07) is 0.